The molecule has 1 N–H and O–H groups in total. The molecule has 0 aliphatic heterocycles. The predicted molar refractivity (Wildman–Crippen MR) is 87.5 cm³/mol. The van der Waals surface area contributed by atoms with Crippen molar-refractivity contribution in [3.8, 4) is 11.5 Å². The monoisotopic (exact) mass is 315 g/mol. The van der Waals surface area contributed by atoms with Crippen LogP contribution >= 0.6 is 0 Å². The number of carbonyl (C=O) groups excluding carboxylic acids is 1. The Morgan fingerprint density at radius 1 is 1.09 bits per heavy atom. The van der Waals surface area contributed by atoms with Gasteiger partial charge in [-0.05, 0) is 73.6 Å². The van der Waals surface area contributed by atoms with Crippen molar-refractivity contribution in [1.82, 2.24) is 5.32 Å². The molecule has 1 amide bonds. The maximum absolute atomic E-state index is 12.2. The van der Waals surface area contributed by atoms with Gasteiger partial charge in [0.1, 0.15) is 11.5 Å². The Labute approximate surface area is 137 Å². The Balaban J connectivity index is 1.27. The summed E-state index contributed by atoms with van der Waals surface area (Å²) in [6.45, 7) is 0.0916. The van der Waals surface area contributed by atoms with Crippen LogP contribution in [0.1, 0.15) is 32.1 Å². The summed E-state index contributed by atoms with van der Waals surface area (Å²) in [7, 11) is 1.63. The van der Waals surface area contributed by atoms with Crippen molar-refractivity contribution in [2.24, 2.45) is 23.7 Å². The lowest BCUT2D eigenvalue weighted by atomic mass is 9.79. The third-order valence-electron chi connectivity index (χ3n) is 6.20. The average molecular weight is 315 g/mol. The number of benzene rings is 1. The zero-order valence-electron chi connectivity index (χ0n) is 13.7. The fourth-order valence-electron chi connectivity index (χ4n) is 5.30. The summed E-state index contributed by atoms with van der Waals surface area (Å²) in [5.74, 6) is 4.91. The molecule has 1 aromatic carbocycles. The second-order valence-corrected chi connectivity index (χ2v) is 7.29. The molecule has 5 unspecified atom stereocenters. The van der Waals surface area contributed by atoms with E-state index in [-0.39, 0.29) is 12.5 Å². The van der Waals surface area contributed by atoms with Crippen molar-refractivity contribution in [2.45, 2.75) is 38.1 Å². The summed E-state index contributed by atoms with van der Waals surface area (Å²) >= 11 is 0. The summed E-state index contributed by atoms with van der Waals surface area (Å²) in [5.41, 5.74) is 0. The van der Waals surface area contributed by atoms with Crippen LogP contribution in [0, 0.1) is 23.7 Å². The lowest BCUT2D eigenvalue weighted by Gasteiger charge is -2.32. The number of nitrogens with one attached hydrogen (secondary N) is 1. The molecule has 3 saturated carbocycles. The Bertz CT molecular complexity index is 570. The Hall–Kier alpha value is -1.71. The van der Waals surface area contributed by atoms with Gasteiger partial charge in [-0.1, -0.05) is 6.42 Å². The van der Waals surface area contributed by atoms with E-state index < -0.39 is 0 Å². The minimum absolute atomic E-state index is 0.00733. The highest BCUT2D eigenvalue weighted by Crippen LogP contribution is 2.58. The van der Waals surface area contributed by atoms with Crippen LogP contribution in [0.15, 0.2) is 24.3 Å². The first-order valence-electron chi connectivity index (χ1n) is 8.81. The van der Waals surface area contributed by atoms with E-state index in [2.05, 4.69) is 5.32 Å². The van der Waals surface area contributed by atoms with Gasteiger partial charge < -0.3 is 14.8 Å². The molecule has 3 fully saturated rings. The van der Waals surface area contributed by atoms with Gasteiger partial charge in [-0.25, -0.2) is 0 Å². The number of methoxy groups -OCH3 is 1. The molecule has 124 valence electrons. The average Bonchev–Trinajstić information content (AvgIpc) is 3.26. The van der Waals surface area contributed by atoms with Crippen LogP contribution in [0.25, 0.3) is 0 Å². The number of ether oxygens (including phenoxy) is 2. The van der Waals surface area contributed by atoms with E-state index in [4.69, 9.17) is 9.47 Å². The molecule has 0 saturated heterocycles. The second-order valence-electron chi connectivity index (χ2n) is 7.29. The maximum atomic E-state index is 12.2. The van der Waals surface area contributed by atoms with Crippen molar-refractivity contribution in [1.29, 1.82) is 0 Å². The first kappa shape index (κ1) is 14.9. The number of amides is 1. The quantitative estimate of drug-likeness (QED) is 0.908. The molecule has 3 aliphatic rings. The molecular weight excluding hydrogens is 290 g/mol. The molecule has 0 radical (unpaired) electrons. The van der Waals surface area contributed by atoms with Crippen molar-refractivity contribution in [2.75, 3.05) is 13.7 Å². The van der Waals surface area contributed by atoms with Crippen LogP contribution in [-0.4, -0.2) is 25.7 Å². The van der Waals surface area contributed by atoms with Crippen LogP contribution in [-0.2, 0) is 4.79 Å². The van der Waals surface area contributed by atoms with Gasteiger partial charge in [0, 0.05) is 6.04 Å². The van der Waals surface area contributed by atoms with Crippen LogP contribution < -0.4 is 14.8 Å². The first-order chi connectivity index (χ1) is 11.2. The fraction of sp³-hybridized carbons (Fsp3) is 0.632. The predicted octanol–water partition coefficient (Wildman–Crippen LogP) is 3.01. The number of fused-ring (bicyclic) bond motifs is 5. The van der Waals surface area contributed by atoms with Gasteiger partial charge in [0.2, 0.25) is 0 Å². The van der Waals surface area contributed by atoms with E-state index in [1.54, 1.807) is 7.11 Å². The largest absolute Gasteiger partial charge is 0.497 e. The molecule has 5 atom stereocenters. The minimum atomic E-state index is 0.00733. The molecule has 4 rings (SSSR count). The van der Waals surface area contributed by atoms with Crippen molar-refractivity contribution < 1.29 is 14.3 Å². The number of rotatable bonds is 5. The fourth-order valence-corrected chi connectivity index (χ4v) is 5.30. The smallest absolute Gasteiger partial charge is 0.258 e. The van der Waals surface area contributed by atoms with Gasteiger partial charge in [-0.15, -0.1) is 0 Å². The molecule has 2 bridgehead atoms. The van der Waals surface area contributed by atoms with Crippen molar-refractivity contribution >= 4 is 5.91 Å². The normalized spacial score (nSPS) is 34.2. The molecule has 4 nitrogen and oxygen atoms in total. The number of hydrogen-bond acceptors (Lipinski definition) is 3. The molecule has 0 heterocycles. The molecular formula is C19H25NO3. The van der Waals surface area contributed by atoms with Gasteiger partial charge in [-0.2, -0.15) is 0 Å². The Morgan fingerprint density at radius 3 is 2.61 bits per heavy atom. The van der Waals surface area contributed by atoms with Gasteiger partial charge in [0.25, 0.3) is 5.91 Å². The van der Waals surface area contributed by atoms with Gasteiger partial charge >= 0.3 is 0 Å². The highest BCUT2D eigenvalue weighted by Gasteiger charge is 2.53. The minimum Gasteiger partial charge on any atom is -0.497 e. The third kappa shape index (κ3) is 2.79. The van der Waals surface area contributed by atoms with Crippen LogP contribution in [0.2, 0.25) is 0 Å². The standard InChI is InChI=1S/C19H25NO3/c1-22-13-5-7-14(8-6-13)23-11-19(21)20-18-10-12-9-17(18)16-4-2-3-15(12)16/h5-8,12,15-18H,2-4,9-11H2,1H3,(H,20,21). The zero-order valence-corrected chi connectivity index (χ0v) is 13.7. The van der Waals surface area contributed by atoms with Crippen molar-refractivity contribution in [3.63, 3.8) is 0 Å². The van der Waals surface area contributed by atoms with E-state index in [9.17, 15) is 4.79 Å². The second kappa shape index (κ2) is 6.06. The van der Waals surface area contributed by atoms with Crippen LogP contribution in [0.5, 0.6) is 11.5 Å². The summed E-state index contributed by atoms with van der Waals surface area (Å²) in [6, 6.07) is 7.71. The lowest BCUT2D eigenvalue weighted by Crippen LogP contribution is -2.44. The first-order valence-corrected chi connectivity index (χ1v) is 8.81. The molecule has 0 aromatic heterocycles. The lowest BCUT2D eigenvalue weighted by molar-refractivity contribution is -0.124. The van der Waals surface area contributed by atoms with E-state index in [0.29, 0.717) is 11.8 Å². The van der Waals surface area contributed by atoms with E-state index >= 15 is 0 Å². The SMILES string of the molecule is COc1ccc(OCC(=O)NC2CC3CC2C2CCCC32)cc1. The van der Waals surface area contributed by atoms with E-state index in [0.717, 1.165) is 29.4 Å². The summed E-state index contributed by atoms with van der Waals surface area (Å²) < 4.78 is 10.7. The number of hydrogen-bond donors (Lipinski definition) is 1. The zero-order chi connectivity index (χ0) is 15.8. The van der Waals surface area contributed by atoms with Gasteiger partial charge in [0.15, 0.2) is 6.61 Å². The van der Waals surface area contributed by atoms with Gasteiger partial charge in [0.05, 0.1) is 7.11 Å². The van der Waals surface area contributed by atoms with E-state index in [1.807, 2.05) is 24.3 Å². The Kier molecular flexibility index (Phi) is 3.92. The summed E-state index contributed by atoms with van der Waals surface area (Å²) in [6.07, 6.45) is 6.71. The highest BCUT2D eigenvalue weighted by atomic mass is 16.5. The molecule has 0 spiro atoms. The topological polar surface area (TPSA) is 47.6 Å². The number of carbonyl (C=O) groups is 1. The third-order valence-corrected chi connectivity index (χ3v) is 6.20. The maximum Gasteiger partial charge on any atom is 0.258 e. The van der Waals surface area contributed by atoms with E-state index in [1.165, 1.54) is 32.1 Å². The molecule has 3 aliphatic carbocycles. The summed E-state index contributed by atoms with van der Waals surface area (Å²) in [5, 5.41) is 3.23. The Morgan fingerprint density at radius 2 is 1.83 bits per heavy atom. The van der Waals surface area contributed by atoms with Crippen LogP contribution in [0.4, 0.5) is 0 Å². The molecule has 1 aromatic rings. The summed E-state index contributed by atoms with van der Waals surface area (Å²) in [4.78, 5) is 12.2. The molecule has 23 heavy (non-hydrogen) atoms. The van der Waals surface area contributed by atoms with Crippen LogP contribution in [0.3, 0.4) is 0 Å². The molecule has 4 heteroatoms. The van der Waals surface area contributed by atoms with Gasteiger partial charge in [-0.3, -0.25) is 4.79 Å². The van der Waals surface area contributed by atoms with Crippen molar-refractivity contribution in [3.05, 3.63) is 24.3 Å². The highest BCUT2D eigenvalue weighted by molar-refractivity contribution is 5.78.